The predicted molar refractivity (Wildman–Crippen MR) is 94.0 cm³/mol. The van der Waals surface area contributed by atoms with Crippen LogP contribution in [0.25, 0.3) is 0 Å². The molecule has 5 nitrogen and oxygen atoms in total. The fraction of sp³-hybridized carbons (Fsp3) is 0.789. The first kappa shape index (κ1) is 17.5. The maximum absolute atomic E-state index is 11.8. The molecule has 0 bridgehead atoms. The molecule has 0 amide bonds. The molecule has 2 fully saturated rings. The summed E-state index contributed by atoms with van der Waals surface area (Å²) in [6.07, 6.45) is 5.61. The Morgan fingerprint density at radius 2 is 1.92 bits per heavy atom. The highest BCUT2D eigenvalue weighted by Crippen LogP contribution is 2.41. The van der Waals surface area contributed by atoms with Crippen LogP contribution in [0, 0.1) is 19.8 Å². The van der Waals surface area contributed by atoms with Gasteiger partial charge in [-0.2, -0.15) is 5.10 Å². The minimum atomic E-state index is -0.664. The lowest BCUT2D eigenvalue weighted by Gasteiger charge is -2.33. The number of hydrogen-bond donors (Lipinski definition) is 1. The first-order valence-corrected chi connectivity index (χ1v) is 9.24. The van der Waals surface area contributed by atoms with Gasteiger partial charge >= 0.3 is 5.97 Å². The fourth-order valence-electron chi connectivity index (χ4n) is 4.76. The van der Waals surface area contributed by atoms with Crippen molar-refractivity contribution in [3.8, 4) is 0 Å². The van der Waals surface area contributed by atoms with Gasteiger partial charge in [0.1, 0.15) is 6.04 Å². The highest BCUT2D eigenvalue weighted by molar-refractivity contribution is 5.74. The summed E-state index contributed by atoms with van der Waals surface area (Å²) in [7, 11) is 0. The molecule has 0 aromatic carbocycles. The maximum Gasteiger partial charge on any atom is 0.320 e. The van der Waals surface area contributed by atoms with Gasteiger partial charge in [-0.1, -0.05) is 12.8 Å². The van der Waals surface area contributed by atoms with Gasteiger partial charge in [-0.25, -0.2) is 0 Å². The van der Waals surface area contributed by atoms with Crippen molar-refractivity contribution < 1.29 is 9.90 Å². The van der Waals surface area contributed by atoms with Crippen LogP contribution in [0.15, 0.2) is 0 Å². The number of aryl methyl sites for hydroxylation is 1. The normalized spacial score (nSPS) is 28.1. The molecule has 3 rings (SSSR count). The van der Waals surface area contributed by atoms with Gasteiger partial charge in [0, 0.05) is 23.8 Å². The quantitative estimate of drug-likeness (QED) is 0.920. The Labute approximate surface area is 145 Å². The Hall–Kier alpha value is -1.36. The summed E-state index contributed by atoms with van der Waals surface area (Å²) in [6, 6.07) is 0.0894. The molecule has 2 heterocycles. The van der Waals surface area contributed by atoms with Crippen molar-refractivity contribution in [1.29, 1.82) is 0 Å². The van der Waals surface area contributed by atoms with Crippen LogP contribution in [-0.4, -0.2) is 37.8 Å². The number of carbonyl (C=O) groups is 1. The molecule has 1 N–H and O–H groups in total. The van der Waals surface area contributed by atoms with E-state index in [1.165, 1.54) is 30.5 Å². The highest BCUT2D eigenvalue weighted by atomic mass is 16.4. The van der Waals surface area contributed by atoms with E-state index in [0.29, 0.717) is 18.5 Å². The summed E-state index contributed by atoms with van der Waals surface area (Å²) >= 11 is 0. The molecule has 0 radical (unpaired) electrons. The van der Waals surface area contributed by atoms with E-state index >= 15 is 0 Å². The number of hydrogen-bond acceptors (Lipinski definition) is 3. The van der Waals surface area contributed by atoms with Gasteiger partial charge in [0.05, 0.1) is 11.2 Å². The number of nitrogens with zero attached hydrogens (tertiary/aromatic N) is 3. The van der Waals surface area contributed by atoms with Crippen LogP contribution in [-0.2, 0) is 16.9 Å². The Morgan fingerprint density at radius 1 is 1.25 bits per heavy atom. The average molecular weight is 333 g/mol. The maximum atomic E-state index is 11.8. The molecule has 3 atom stereocenters. The first-order chi connectivity index (χ1) is 11.2. The molecule has 5 heteroatoms. The molecule has 1 aliphatic heterocycles. The number of rotatable bonds is 3. The molecular weight excluding hydrogens is 302 g/mol. The lowest BCUT2D eigenvalue weighted by molar-refractivity contribution is -0.142. The first-order valence-electron chi connectivity index (χ1n) is 9.24. The molecule has 1 aromatic heterocycles. The van der Waals surface area contributed by atoms with Gasteiger partial charge in [0.25, 0.3) is 0 Å². The van der Waals surface area contributed by atoms with Crippen LogP contribution in [0.5, 0.6) is 0 Å². The standard InChI is InChI=1S/C19H31N3O2/c1-12-15(13(2)22(20-12)19(3,4)5)11-21-16-9-7-6-8-14(16)10-17(21)18(23)24/h14,16-17H,6-11H2,1-5H3,(H,23,24). The summed E-state index contributed by atoms with van der Waals surface area (Å²) < 4.78 is 2.09. The molecule has 0 spiro atoms. The minimum Gasteiger partial charge on any atom is -0.480 e. The number of fused-ring (bicyclic) bond motifs is 1. The summed E-state index contributed by atoms with van der Waals surface area (Å²) in [4.78, 5) is 14.1. The topological polar surface area (TPSA) is 58.4 Å². The Kier molecular flexibility index (Phi) is 4.49. The van der Waals surface area contributed by atoms with Crippen molar-refractivity contribution in [1.82, 2.24) is 14.7 Å². The summed E-state index contributed by atoms with van der Waals surface area (Å²) in [5, 5.41) is 14.5. The van der Waals surface area contributed by atoms with E-state index in [1.54, 1.807) is 0 Å². The zero-order valence-electron chi connectivity index (χ0n) is 15.7. The van der Waals surface area contributed by atoms with Gasteiger partial charge in [-0.15, -0.1) is 0 Å². The van der Waals surface area contributed by atoms with E-state index in [9.17, 15) is 9.90 Å². The molecule has 1 saturated heterocycles. The van der Waals surface area contributed by atoms with Crippen molar-refractivity contribution in [3.63, 3.8) is 0 Å². The van der Waals surface area contributed by atoms with Gasteiger partial charge in [-0.3, -0.25) is 14.4 Å². The largest absolute Gasteiger partial charge is 0.480 e. The molecule has 134 valence electrons. The highest BCUT2D eigenvalue weighted by Gasteiger charge is 2.45. The zero-order valence-corrected chi connectivity index (χ0v) is 15.7. The number of aromatic nitrogens is 2. The van der Waals surface area contributed by atoms with Gasteiger partial charge in [0.15, 0.2) is 0 Å². The third kappa shape index (κ3) is 2.99. The monoisotopic (exact) mass is 333 g/mol. The zero-order chi connectivity index (χ0) is 17.6. The third-order valence-corrected chi connectivity index (χ3v) is 5.92. The molecule has 1 aromatic rings. The molecule has 2 aliphatic rings. The second-order valence-electron chi connectivity index (χ2n) is 8.61. The Morgan fingerprint density at radius 3 is 2.50 bits per heavy atom. The van der Waals surface area contributed by atoms with E-state index in [1.807, 2.05) is 0 Å². The van der Waals surface area contributed by atoms with E-state index in [0.717, 1.165) is 18.5 Å². The van der Waals surface area contributed by atoms with Crippen LogP contribution < -0.4 is 0 Å². The van der Waals surface area contributed by atoms with E-state index in [-0.39, 0.29) is 11.6 Å². The van der Waals surface area contributed by atoms with Crippen molar-refractivity contribution in [2.24, 2.45) is 5.92 Å². The van der Waals surface area contributed by atoms with Crippen molar-refractivity contribution in [2.75, 3.05) is 0 Å². The number of aliphatic carboxylic acids is 1. The number of likely N-dealkylation sites (tertiary alicyclic amines) is 1. The van der Waals surface area contributed by atoms with E-state index < -0.39 is 5.97 Å². The van der Waals surface area contributed by atoms with Gasteiger partial charge < -0.3 is 5.11 Å². The Bertz CT molecular complexity index is 629. The molecule has 3 unspecified atom stereocenters. The van der Waals surface area contributed by atoms with Gasteiger partial charge in [-0.05, 0) is 59.8 Å². The van der Waals surface area contributed by atoms with Crippen LogP contribution in [0.1, 0.15) is 69.8 Å². The van der Waals surface area contributed by atoms with Crippen LogP contribution in [0.2, 0.25) is 0 Å². The average Bonchev–Trinajstić information content (AvgIpc) is 3.00. The lowest BCUT2D eigenvalue weighted by Crippen LogP contribution is -2.41. The Balaban J connectivity index is 1.91. The van der Waals surface area contributed by atoms with Gasteiger partial charge in [0.2, 0.25) is 0 Å². The molecule has 24 heavy (non-hydrogen) atoms. The number of carboxylic acid groups (broad SMARTS) is 1. The molecule has 1 saturated carbocycles. The fourth-order valence-corrected chi connectivity index (χ4v) is 4.76. The van der Waals surface area contributed by atoms with E-state index in [4.69, 9.17) is 5.10 Å². The lowest BCUT2D eigenvalue weighted by atomic mass is 9.84. The van der Waals surface area contributed by atoms with Crippen LogP contribution >= 0.6 is 0 Å². The summed E-state index contributed by atoms with van der Waals surface area (Å²) in [6.45, 7) is 11.3. The third-order valence-electron chi connectivity index (χ3n) is 5.92. The smallest absolute Gasteiger partial charge is 0.320 e. The second kappa shape index (κ2) is 6.17. The van der Waals surface area contributed by atoms with Crippen LogP contribution in [0.4, 0.5) is 0 Å². The second-order valence-corrected chi connectivity index (χ2v) is 8.61. The van der Waals surface area contributed by atoms with E-state index in [2.05, 4.69) is 44.2 Å². The molecular formula is C19H31N3O2. The van der Waals surface area contributed by atoms with Crippen LogP contribution in [0.3, 0.4) is 0 Å². The van der Waals surface area contributed by atoms with Crippen molar-refractivity contribution in [3.05, 3.63) is 17.0 Å². The van der Waals surface area contributed by atoms with Crippen molar-refractivity contribution >= 4 is 5.97 Å². The number of carboxylic acids is 1. The predicted octanol–water partition coefficient (Wildman–Crippen LogP) is 3.47. The molecule has 1 aliphatic carbocycles. The summed E-state index contributed by atoms with van der Waals surface area (Å²) in [5.74, 6) is -0.110. The SMILES string of the molecule is Cc1nn(C(C)(C)C)c(C)c1CN1C(C(=O)O)CC2CCCCC21. The minimum absolute atomic E-state index is 0.0579. The summed E-state index contributed by atoms with van der Waals surface area (Å²) in [5.41, 5.74) is 3.36. The van der Waals surface area contributed by atoms with Crippen molar-refractivity contribution in [2.45, 2.75) is 90.9 Å².